The fourth-order valence-electron chi connectivity index (χ4n) is 2.77. The number of rotatable bonds is 5. The van der Waals surface area contributed by atoms with Crippen molar-refractivity contribution in [3.8, 4) is 0 Å². The molecule has 20 heavy (non-hydrogen) atoms. The van der Waals surface area contributed by atoms with E-state index in [-0.39, 0.29) is 0 Å². The van der Waals surface area contributed by atoms with Crippen LogP contribution in [0.2, 0.25) is 5.15 Å². The maximum Gasteiger partial charge on any atom is 0.131 e. The second kappa shape index (κ2) is 6.89. The van der Waals surface area contributed by atoms with Crippen LogP contribution in [0.25, 0.3) is 0 Å². The highest BCUT2D eigenvalue weighted by atomic mass is 35.5. The van der Waals surface area contributed by atoms with Crippen molar-refractivity contribution >= 4 is 11.6 Å². The highest BCUT2D eigenvalue weighted by Crippen LogP contribution is 2.20. The van der Waals surface area contributed by atoms with Crippen molar-refractivity contribution in [3.05, 3.63) is 16.4 Å². The normalized spacial score (nSPS) is 18.7. The van der Waals surface area contributed by atoms with Crippen LogP contribution >= 0.6 is 11.6 Å². The third kappa shape index (κ3) is 3.73. The number of hydrogen-bond acceptors (Lipinski definition) is 4. The first-order chi connectivity index (χ1) is 9.49. The summed E-state index contributed by atoms with van der Waals surface area (Å²) in [5.41, 5.74) is 2.15. The second-order valence-electron chi connectivity index (χ2n) is 5.67. The van der Waals surface area contributed by atoms with Crippen LogP contribution in [0.5, 0.6) is 0 Å². The molecule has 0 bridgehead atoms. The molecule has 1 atom stereocenters. The Labute approximate surface area is 126 Å². The van der Waals surface area contributed by atoms with E-state index < -0.39 is 0 Å². The summed E-state index contributed by atoms with van der Waals surface area (Å²) in [6, 6.07) is 0.527. The van der Waals surface area contributed by atoms with Crippen LogP contribution in [-0.4, -0.2) is 65.5 Å². The largest absolute Gasteiger partial charge is 0.379 e. The number of likely N-dealkylation sites (N-methyl/N-ethyl adjacent to an activating group) is 1. The first-order valence-electron chi connectivity index (χ1n) is 7.17. The molecule has 5 nitrogen and oxygen atoms in total. The monoisotopic (exact) mass is 300 g/mol. The van der Waals surface area contributed by atoms with Gasteiger partial charge in [0.25, 0.3) is 0 Å². The Morgan fingerprint density at radius 2 is 2.05 bits per heavy atom. The van der Waals surface area contributed by atoms with Crippen LogP contribution in [0.15, 0.2) is 0 Å². The van der Waals surface area contributed by atoms with E-state index in [9.17, 15) is 0 Å². The van der Waals surface area contributed by atoms with E-state index in [2.05, 4.69) is 28.9 Å². The van der Waals surface area contributed by atoms with E-state index in [1.54, 1.807) is 4.68 Å². The number of hydrogen-bond donors (Lipinski definition) is 0. The van der Waals surface area contributed by atoms with Gasteiger partial charge in [0, 0.05) is 44.8 Å². The lowest BCUT2D eigenvalue weighted by Crippen LogP contribution is -2.46. The number of ether oxygens (including phenoxy) is 1. The summed E-state index contributed by atoms with van der Waals surface area (Å²) < 4.78 is 7.14. The van der Waals surface area contributed by atoms with Crippen LogP contribution in [0.3, 0.4) is 0 Å². The van der Waals surface area contributed by atoms with Crippen LogP contribution in [0, 0.1) is 6.92 Å². The SMILES string of the molecule is Cc1nn(C)c(Cl)c1CN(C)CC(C)N1CCOCC1. The highest BCUT2D eigenvalue weighted by Gasteiger charge is 2.20. The van der Waals surface area contributed by atoms with Crippen molar-refractivity contribution < 1.29 is 4.74 Å². The van der Waals surface area contributed by atoms with Crippen molar-refractivity contribution in [1.82, 2.24) is 19.6 Å². The van der Waals surface area contributed by atoms with Gasteiger partial charge in [0.15, 0.2) is 0 Å². The summed E-state index contributed by atoms with van der Waals surface area (Å²) in [7, 11) is 4.02. The van der Waals surface area contributed by atoms with Crippen molar-refractivity contribution in [2.75, 3.05) is 39.9 Å². The maximum absolute atomic E-state index is 6.29. The molecule has 1 unspecified atom stereocenters. The van der Waals surface area contributed by atoms with E-state index in [1.807, 2.05) is 14.0 Å². The van der Waals surface area contributed by atoms with Gasteiger partial charge < -0.3 is 9.64 Å². The zero-order valence-electron chi connectivity index (χ0n) is 12.9. The Bertz CT molecular complexity index is 443. The minimum absolute atomic E-state index is 0.527. The van der Waals surface area contributed by atoms with E-state index in [1.165, 1.54) is 0 Å². The smallest absolute Gasteiger partial charge is 0.131 e. The minimum Gasteiger partial charge on any atom is -0.379 e. The van der Waals surface area contributed by atoms with E-state index >= 15 is 0 Å². The molecule has 0 spiro atoms. The Morgan fingerprint density at radius 3 is 2.60 bits per heavy atom. The third-order valence-corrected chi connectivity index (χ3v) is 4.42. The molecule has 1 aromatic heterocycles. The summed E-state index contributed by atoms with van der Waals surface area (Å²) in [4.78, 5) is 4.80. The summed E-state index contributed by atoms with van der Waals surface area (Å²) in [5.74, 6) is 0. The molecule has 1 saturated heterocycles. The number of halogens is 1. The lowest BCUT2D eigenvalue weighted by molar-refractivity contribution is 0.0137. The second-order valence-corrected chi connectivity index (χ2v) is 6.03. The van der Waals surface area contributed by atoms with Gasteiger partial charge in [0.2, 0.25) is 0 Å². The lowest BCUT2D eigenvalue weighted by Gasteiger charge is -2.34. The van der Waals surface area contributed by atoms with Crippen LogP contribution in [0.1, 0.15) is 18.2 Å². The highest BCUT2D eigenvalue weighted by molar-refractivity contribution is 6.30. The Kier molecular flexibility index (Phi) is 5.43. The van der Waals surface area contributed by atoms with Gasteiger partial charge in [-0.2, -0.15) is 5.10 Å². The molecule has 2 rings (SSSR count). The van der Waals surface area contributed by atoms with E-state index in [4.69, 9.17) is 16.3 Å². The summed E-state index contributed by atoms with van der Waals surface area (Å²) in [6.07, 6.45) is 0. The fraction of sp³-hybridized carbons (Fsp3) is 0.786. The Hall–Kier alpha value is -0.620. The lowest BCUT2D eigenvalue weighted by atomic mass is 10.2. The van der Waals surface area contributed by atoms with Crippen molar-refractivity contribution in [3.63, 3.8) is 0 Å². The van der Waals surface area contributed by atoms with Crippen molar-refractivity contribution in [2.24, 2.45) is 7.05 Å². The van der Waals surface area contributed by atoms with Crippen molar-refractivity contribution in [2.45, 2.75) is 26.4 Å². The Balaban J connectivity index is 1.89. The third-order valence-electron chi connectivity index (χ3n) is 3.94. The number of morpholine rings is 1. The molecule has 1 fully saturated rings. The number of nitrogens with zero attached hydrogens (tertiary/aromatic N) is 4. The molecule has 0 radical (unpaired) electrons. The molecule has 0 N–H and O–H groups in total. The Morgan fingerprint density at radius 1 is 1.40 bits per heavy atom. The summed E-state index contributed by atoms with van der Waals surface area (Å²) >= 11 is 6.29. The van der Waals surface area contributed by atoms with Gasteiger partial charge in [0.05, 0.1) is 18.9 Å². The van der Waals surface area contributed by atoms with Gasteiger partial charge >= 0.3 is 0 Å². The van der Waals surface area contributed by atoms with Gasteiger partial charge in [0.1, 0.15) is 5.15 Å². The van der Waals surface area contributed by atoms with Crippen molar-refractivity contribution in [1.29, 1.82) is 0 Å². The molecule has 0 saturated carbocycles. The molecule has 1 aliphatic rings. The van der Waals surface area contributed by atoms with Gasteiger partial charge in [-0.25, -0.2) is 0 Å². The summed E-state index contributed by atoms with van der Waals surface area (Å²) in [6.45, 7) is 9.91. The minimum atomic E-state index is 0.527. The first kappa shape index (κ1) is 15.8. The maximum atomic E-state index is 6.29. The molecular formula is C14H25ClN4O. The average Bonchev–Trinajstić information content (AvgIpc) is 2.66. The number of aryl methyl sites for hydroxylation is 2. The average molecular weight is 301 g/mol. The fourth-order valence-corrected chi connectivity index (χ4v) is 3.01. The van der Waals surface area contributed by atoms with Gasteiger partial charge in [-0.1, -0.05) is 11.6 Å². The summed E-state index contributed by atoms with van der Waals surface area (Å²) in [5, 5.41) is 5.11. The molecular weight excluding hydrogens is 276 g/mol. The van der Waals surface area contributed by atoms with Crippen LogP contribution in [-0.2, 0) is 18.3 Å². The zero-order chi connectivity index (χ0) is 14.7. The van der Waals surface area contributed by atoms with E-state index in [0.29, 0.717) is 6.04 Å². The van der Waals surface area contributed by atoms with Crippen LogP contribution < -0.4 is 0 Å². The molecule has 0 aromatic carbocycles. The molecule has 1 aromatic rings. The predicted molar refractivity (Wildman–Crippen MR) is 81.1 cm³/mol. The molecule has 0 aliphatic carbocycles. The van der Waals surface area contributed by atoms with Gasteiger partial charge in [-0.3, -0.25) is 9.58 Å². The standard InChI is InChI=1S/C14H25ClN4O/c1-11(19-5-7-20-8-6-19)9-17(3)10-13-12(2)16-18(4)14(13)15/h11H,5-10H2,1-4H3. The topological polar surface area (TPSA) is 33.5 Å². The van der Waals surface area contributed by atoms with Gasteiger partial charge in [-0.05, 0) is 20.9 Å². The molecule has 1 aliphatic heterocycles. The number of aromatic nitrogens is 2. The molecule has 0 amide bonds. The predicted octanol–water partition coefficient (Wildman–Crippen LogP) is 1.53. The van der Waals surface area contributed by atoms with Crippen LogP contribution in [0.4, 0.5) is 0 Å². The molecule has 114 valence electrons. The zero-order valence-corrected chi connectivity index (χ0v) is 13.7. The van der Waals surface area contributed by atoms with E-state index in [0.717, 1.165) is 55.8 Å². The quantitative estimate of drug-likeness (QED) is 0.826. The molecule has 2 heterocycles. The first-order valence-corrected chi connectivity index (χ1v) is 7.55. The molecule has 6 heteroatoms. The van der Waals surface area contributed by atoms with Gasteiger partial charge in [-0.15, -0.1) is 0 Å².